The maximum atomic E-state index is 12.6. The third kappa shape index (κ3) is 2.83. The molecule has 0 heterocycles. The highest BCUT2D eigenvalue weighted by atomic mass is 16.1. The molecule has 2 rings (SSSR count). The first kappa shape index (κ1) is 13.8. The highest BCUT2D eigenvalue weighted by Gasteiger charge is 2.13. The monoisotopic (exact) mass is 260 g/mol. The number of ketones is 1. The Hall–Kier alpha value is -2.67. The first-order valence-electron chi connectivity index (χ1n) is 6.42. The van der Waals surface area contributed by atoms with Crippen LogP contribution >= 0.6 is 0 Å². The van der Waals surface area contributed by atoms with Gasteiger partial charge in [-0.15, -0.1) is 0 Å². The van der Waals surface area contributed by atoms with Crippen molar-refractivity contribution in [2.75, 3.05) is 0 Å². The van der Waals surface area contributed by atoms with E-state index in [1.54, 1.807) is 24.3 Å². The molecule has 0 atom stereocenters. The molecular weight excluding hydrogens is 244 g/mol. The van der Waals surface area contributed by atoms with Gasteiger partial charge >= 0.3 is 0 Å². The van der Waals surface area contributed by atoms with E-state index in [0.717, 1.165) is 11.1 Å². The molecule has 1 heteroatoms. The first-order chi connectivity index (χ1) is 9.77. The van der Waals surface area contributed by atoms with E-state index in [1.807, 2.05) is 48.5 Å². The predicted octanol–water partition coefficient (Wildman–Crippen LogP) is 4.70. The molecule has 2 aromatic rings. The van der Waals surface area contributed by atoms with Gasteiger partial charge < -0.3 is 0 Å². The van der Waals surface area contributed by atoms with E-state index in [0.29, 0.717) is 11.1 Å². The summed E-state index contributed by atoms with van der Waals surface area (Å²) in [4.78, 5) is 12.6. The molecule has 0 radical (unpaired) electrons. The van der Waals surface area contributed by atoms with E-state index in [1.165, 1.54) is 0 Å². The molecule has 0 fully saturated rings. The molecule has 0 unspecified atom stereocenters. The number of allylic oxidation sites excluding steroid dienone is 4. The number of benzene rings is 2. The number of hydrogen-bond acceptors (Lipinski definition) is 1. The number of rotatable bonds is 5. The van der Waals surface area contributed by atoms with Gasteiger partial charge in [0, 0.05) is 11.1 Å². The quantitative estimate of drug-likeness (QED) is 0.433. The van der Waals surface area contributed by atoms with Crippen molar-refractivity contribution in [1.29, 1.82) is 0 Å². The summed E-state index contributed by atoms with van der Waals surface area (Å²) in [6.07, 6.45) is 3.30. The van der Waals surface area contributed by atoms with Crippen LogP contribution in [-0.2, 0) is 0 Å². The average molecular weight is 260 g/mol. The number of carbonyl (C=O) groups excluding carboxylic acids is 1. The first-order valence-corrected chi connectivity index (χ1v) is 6.42. The third-order valence-corrected chi connectivity index (χ3v) is 3.06. The van der Waals surface area contributed by atoms with E-state index in [4.69, 9.17) is 0 Å². The van der Waals surface area contributed by atoms with Gasteiger partial charge in [-0.05, 0) is 11.1 Å². The van der Waals surface area contributed by atoms with Gasteiger partial charge in [0.05, 0.1) is 0 Å². The van der Waals surface area contributed by atoms with Crippen LogP contribution in [0.15, 0.2) is 91.5 Å². The lowest BCUT2D eigenvalue weighted by Gasteiger charge is -2.09. The van der Waals surface area contributed by atoms with Gasteiger partial charge in [-0.1, -0.05) is 86.0 Å². The molecule has 0 amide bonds. The minimum atomic E-state index is -0.0423. The normalized spacial score (nSPS) is 11.4. The van der Waals surface area contributed by atoms with Gasteiger partial charge in [-0.25, -0.2) is 0 Å². The van der Waals surface area contributed by atoms with E-state index < -0.39 is 0 Å². The minimum absolute atomic E-state index is 0.0423. The fourth-order valence-electron chi connectivity index (χ4n) is 2.07. The zero-order valence-corrected chi connectivity index (χ0v) is 11.3. The van der Waals surface area contributed by atoms with Crippen molar-refractivity contribution in [1.82, 2.24) is 0 Å². The van der Waals surface area contributed by atoms with Crippen LogP contribution < -0.4 is 0 Å². The summed E-state index contributed by atoms with van der Waals surface area (Å²) in [5, 5.41) is 0. The maximum Gasteiger partial charge on any atom is 0.193 e. The summed E-state index contributed by atoms with van der Waals surface area (Å²) in [6.45, 7) is 7.60. The number of hydrogen-bond donors (Lipinski definition) is 0. The smallest absolute Gasteiger partial charge is 0.193 e. The number of carbonyl (C=O) groups is 1. The molecule has 20 heavy (non-hydrogen) atoms. The number of Topliss-reactive ketones (excluding diaryl/α,β-unsaturated/α-hetero) is 1. The summed E-state index contributed by atoms with van der Waals surface area (Å²) < 4.78 is 0. The van der Waals surface area contributed by atoms with Crippen LogP contribution in [0.2, 0.25) is 0 Å². The Labute approximate surface area is 119 Å². The molecule has 1 nitrogen and oxygen atoms in total. The molecule has 0 aliphatic rings. The fraction of sp³-hybridized carbons (Fsp3) is 0. The van der Waals surface area contributed by atoms with Crippen molar-refractivity contribution in [2.45, 2.75) is 0 Å². The second-order valence-corrected chi connectivity index (χ2v) is 4.30. The topological polar surface area (TPSA) is 17.1 Å². The van der Waals surface area contributed by atoms with Crippen molar-refractivity contribution in [3.8, 4) is 0 Å². The Kier molecular flexibility index (Phi) is 4.46. The van der Waals surface area contributed by atoms with Gasteiger partial charge in [0.2, 0.25) is 0 Å². The van der Waals surface area contributed by atoms with Crippen LogP contribution in [-0.4, -0.2) is 5.78 Å². The molecule has 0 bridgehead atoms. The van der Waals surface area contributed by atoms with Gasteiger partial charge in [-0.3, -0.25) is 4.79 Å². The lowest BCUT2D eigenvalue weighted by molar-refractivity contribution is 0.103. The van der Waals surface area contributed by atoms with Crippen LogP contribution in [0.4, 0.5) is 0 Å². The Morgan fingerprint density at radius 1 is 0.750 bits per heavy atom. The van der Waals surface area contributed by atoms with Gasteiger partial charge in [0.1, 0.15) is 0 Å². The lowest BCUT2D eigenvalue weighted by atomic mass is 9.94. The van der Waals surface area contributed by atoms with Gasteiger partial charge in [0.15, 0.2) is 5.78 Å². The van der Waals surface area contributed by atoms with Crippen LogP contribution in [0.3, 0.4) is 0 Å². The highest BCUT2D eigenvalue weighted by Crippen LogP contribution is 2.23. The van der Waals surface area contributed by atoms with Crippen molar-refractivity contribution in [2.24, 2.45) is 0 Å². The molecule has 0 aromatic heterocycles. The van der Waals surface area contributed by atoms with Crippen molar-refractivity contribution >= 4 is 11.4 Å². The van der Waals surface area contributed by atoms with Gasteiger partial charge in [-0.2, -0.15) is 0 Å². The molecule has 0 saturated carbocycles. The van der Waals surface area contributed by atoms with Crippen LogP contribution in [0.1, 0.15) is 15.9 Å². The van der Waals surface area contributed by atoms with Crippen LogP contribution in [0.25, 0.3) is 5.57 Å². The van der Waals surface area contributed by atoms with Gasteiger partial charge in [0.25, 0.3) is 0 Å². The molecule has 2 aromatic carbocycles. The van der Waals surface area contributed by atoms with Crippen molar-refractivity contribution in [3.05, 3.63) is 103 Å². The second-order valence-electron chi connectivity index (χ2n) is 4.30. The molecule has 0 N–H and O–H groups in total. The molecule has 0 aliphatic carbocycles. The summed E-state index contributed by atoms with van der Waals surface area (Å²) in [5.74, 6) is -0.0423. The van der Waals surface area contributed by atoms with Crippen LogP contribution in [0.5, 0.6) is 0 Å². The van der Waals surface area contributed by atoms with E-state index in [2.05, 4.69) is 13.2 Å². The largest absolute Gasteiger partial charge is 0.289 e. The average Bonchev–Trinajstić information content (AvgIpc) is 2.53. The Morgan fingerprint density at radius 3 is 1.70 bits per heavy atom. The molecule has 0 aliphatic heterocycles. The maximum absolute atomic E-state index is 12.6. The van der Waals surface area contributed by atoms with Crippen LogP contribution in [0, 0.1) is 0 Å². The summed E-state index contributed by atoms with van der Waals surface area (Å²) in [6, 6.07) is 18.9. The van der Waals surface area contributed by atoms with Crippen molar-refractivity contribution in [3.63, 3.8) is 0 Å². The third-order valence-electron chi connectivity index (χ3n) is 3.06. The predicted molar refractivity (Wildman–Crippen MR) is 84.5 cm³/mol. The zero-order valence-electron chi connectivity index (χ0n) is 11.3. The summed E-state index contributed by atoms with van der Waals surface area (Å²) in [7, 11) is 0. The van der Waals surface area contributed by atoms with E-state index in [-0.39, 0.29) is 5.78 Å². The molecule has 0 saturated heterocycles. The molecule has 0 spiro atoms. The Bertz CT molecular complexity index is 649. The fourth-order valence-corrected chi connectivity index (χ4v) is 2.07. The SMILES string of the molecule is C=CC(C(=O)c1ccccc1)=C(C=C)c1ccccc1. The van der Waals surface area contributed by atoms with E-state index in [9.17, 15) is 4.79 Å². The Morgan fingerprint density at radius 2 is 1.25 bits per heavy atom. The minimum Gasteiger partial charge on any atom is -0.289 e. The lowest BCUT2D eigenvalue weighted by Crippen LogP contribution is -2.03. The summed E-state index contributed by atoms with van der Waals surface area (Å²) in [5.41, 5.74) is 2.98. The standard InChI is InChI=1S/C19H16O/c1-3-17(15-11-7-5-8-12-15)18(4-2)19(20)16-13-9-6-10-14-16/h3-14H,1-2H2. The zero-order chi connectivity index (χ0) is 14.4. The second kappa shape index (κ2) is 6.48. The Balaban J connectivity index is 2.54. The highest BCUT2D eigenvalue weighted by molar-refractivity contribution is 6.16. The van der Waals surface area contributed by atoms with Crippen molar-refractivity contribution < 1.29 is 4.79 Å². The van der Waals surface area contributed by atoms with E-state index >= 15 is 0 Å². The summed E-state index contributed by atoms with van der Waals surface area (Å²) >= 11 is 0. The molecule has 98 valence electrons. The molecular formula is C19H16O.